The molecule has 1 saturated heterocycles. The van der Waals surface area contributed by atoms with Gasteiger partial charge in [0.2, 0.25) is 18.1 Å². The Balaban J connectivity index is 0.000000280. The summed E-state index contributed by atoms with van der Waals surface area (Å²) in [5.74, 6) is -6.50. The molecule has 70 heavy (non-hydrogen) atoms. The number of benzene rings is 4. The lowest BCUT2D eigenvalue weighted by molar-refractivity contribution is -0.527. The van der Waals surface area contributed by atoms with Crippen LogP contribution in [0.4, 0.5) is 20.2 Å². The average Bonchev–Trinajstić information content (AvgIpc) is 3.92. The van der Waals surface area contributed by atoms with Crippen molar-refractivity contribution in [3.63, 3.8) is 0 Å². The molecule has 3 aliphatic heterocycles. The number of nitro groups is 2. The van der Waals surface area contributed by atoms with Gasteiger partial charge in [-0.05, 0) is 55.3 Å². The Morgan fingerprint density at radius 2 is 1.41 bits per heavy atom. The number of hydrogen-bond donors (Lipinski definition) is 6. The van der Waals surface area contributed by atoms with Crippen molar-refractivity contribution in [2.45, 2.75) is 55.3 Å². The Bertz CT molecular complexity index is 2680. The van der Waals surface area contributed by atoms with Gasteiger partial charge in [-0.15, -0.1) is 0 Å². The normalized spacial score (nSPS) is 18.4. The number of rotatable bonds is 11. The number of ether oxygens (including phenoxy) is 2. The third-order valence-electron chi connectivity index (χ3n) is 10.3. The molecule has 26 heteroatoms. The quantitative estimate of drug-likeness (QED) is 0.0390. The standard InChI is InChI=1S/C21H18Cl2FN3O5.C8H5ClFNO2.C8H4ClNO2.C6H11NO4.CH4O/c1-32-16(28)8-7-14-19(27(30)31)17(11-3-2-4-13(23)18(11)24)21(26-14)12-6-5-10(22)9-15(12)25-20(21)29;9-7-3-1-2-6(8(7)10)4-5-11(12)13;9-4-1-2-5-6(3-4)10-8(12)7(5)11;1-11-5(8)3-2-4(7)6(9)10;1-2/h2-6,9,14,17,19,26H,7-8H2,1H3,(H,25,29);1-5H;1-3H,(H,10,11,12);4H,2-3,7H2,1H3,(H,9,10);2H,1H3/b;5-4+;;;/t14-,17-,19+,21+;;;4-;/m0..0./s1. The zero-order valence-corrected chi connectivity index (χ0v) is 39.8. The summed E-state index contributed by atoms with van der Waals surface area (Å²) < 4.78 is 37.2. The van der Waals surface area contributed by atoms with Crippen molar-refractivity contribution in [2.24, 2.45) is 5.73 Å². The number of Topliss-reactive ketones (excluding diaryl/α,β-unsaturated/α-hetero) is 1. The molecule has 4 aromatic carbocycles. The highest BCUT2D eigenvalue weighted by Crippen LogP contribution is 2.54. The smallest absolute Gasteiger partial charge is 0.320 e. The third-order valence-corrected chi connectivity index (χ3v) is 11.4. The highest BCUT2D eigenvalue weighted by atomic mass is 35.5. The van der Waals surface area contributed by atoms with Crippen LogP contribution in [0.3, 0.4) is 0 Å². The van der Waals surface area contributed by atoms with E-state index in [-0.39, 0.29) is 46.9 Å². The molecule has 1 fully saturated rings. The maximum Gasteiger partial charge on any atom is 0.320 e. The van der Waals surface area contributed by atoms with Gasteiger partial charge in [-0.25, -0.2) is 8.78 Å². The lowest BCUT2D eigenvalue weighted by Crippen LogP contribution is -2.49. The van der Waals surface area contributed by atoms with Crippen LogP contribution in [-0.4, -0.2) is 95.0 Å². The van der Waals surface area contributed by atoms with E-state index in [1.165, 1.54) is 62.8 Å². The maximum absolute atomic E-state index is 15.2. The molecule has 20 nitrogen and oxygen atoms in total. The maximum atomic E-state index is 15.2. The number of carboxylic acid groups (broad SMARTS) is 1. The van der Waals surface area contributed by atoms with E-state index in [2.05, 4.69) is 25.4 Å². The number of carbonyl (C=O) groups is 6. The molecule has 2 amide bonds. The largest absolute Gasteiger partial charge is 0.480 e. The number of aliphatic carboxylic acids is 1. The average molecular weight is 1060 g/mol. The van der Waals surface area contributed by atoms with Crippen molar-refractivity contribution < 1.29 is 67.1 Å². The molecule has 3 heterocycles. The number of carboxylic acids is 1. The highest BCUT2D eigenvalue weighted by molar-refractivity contribution is 6.52. The SMILES string of the molecule is CO.COC(=O)CC[C@@H]1N[C@@]2(C(=O)Nc3cc(Cl)ccc32)[C@@H](c2cccc(Cl)c2F)[C@@H]1[N+](=O)[O-].COC(=O)CC[C@H](N)C(=O)O.O=C1Nc2cc(Cl)ccc2C1=O.O=[N+]([O-])/C=C/c1cccc(Cl)c1F. The molecule has 7 rings (SSSR count). The molecule has 0 aromatic heterocycles. The fraction of sp³-hybridized carbons (Fsp3) is 0.273. The first-order chi connectivity index (χ1) is 33.1. The topological polar surface area (TPSA) is 310 Å². The van der Waals surface area contributed by atoms with Gasteiger partial charge < -0.3 is 36.1 Å². The second-order valence-electron chi connectivity index (χ2n) is 14.5. The second-order valence-corrected chi connectivity index (χ2v) is 16.2. The van der Waals surface area contributed by atoms with E-state index in [1.54, 1.807) is 24.3 Å². The number of carbonyl (C=O) groups excluding carboxylic acids is 5. The Kier molecular flexibility index (Phi) is 21.7. The number of nitrogens with two attached hydrogens (primary N) is 1. The number of aliphatic hydroxyl groups is 1. The number of nitrogens with one attached hydrogen (secondary N) is 3. The Labute approximate surface area is 416 Å². The highest BCUT2D eigenvalue weighted by Gasteiger charge is 2.67. The molecule has 0 bridgehead atoms. The zero-order chi connectivity index (χ0) is 52.6. The third kappa shape index (κ3) is 14.2. The number of esters is 2. The van der Waals surface area contributed by atoms with Crippen molar-refractivity contribution in [2.75, 3.05) is 32.0 Å². The number of anilines is 2. The molecule has 3 aliphatic rings. The van der Waals surface area contributed by atoms with E-state index in [1.807, 2.05) is 0 Å². The summed E-state index contributed by atoms with van der Waals surface area (Å²) in [5.41, 5.74) is 5.16. The minimum Gasteiger partial charge on any atom is -0.480 e. The van der Waals surface area contributed by atoms with E-state index in [0.29, 0.717) is 38.7 Å². The lowest BCUT2D eigenvalue weighted by Gasteiger charge is -2.30. The van der Waals surface area contributed by atoms with Crippen molar-refractivity contribution in [3.05, 3.63) is 153 Å². The molecular formula is C44H42Cl4F2N6O14. The van der Waals surface area contributed by atoms with Crippen LogP contribution in [-0.2, 0) is 39.0 Å². The van der Waals surface area contributed by atoms with E-state index < -0.39 is 86.6 Å². The summed E-state index contributed by atoms with van der Waals surface area (Å²) >= 11 is 23.2. The first kappa shape index (κ1) is 57.7. The zero-order valence-electron chi connectivity index (χ0n) is 36.8. The summed E-state index contributed by atoms with van der Waals surface area (Å²) in [4.78, 5) is 88.5. The molecule has 5 atom stereocenters. The molecule has 0 saturated carbocycles. The monoisotopic (exact) mass is 1060 g/mol. The van der Waals surface area contributed by atoms with Crippen LogP contribution < -0.4 is 21.7 Å². The summed E-state index contributed by atoms with van der Waals surface area (Å²) in [6, 6.07) is 14.5. The van der Waals surface area contributed by atoms with E-state index in [4.69, 9.17) is 62.4 Å². The van der Waals surface area contributed by atoms with Gasteiger partial charge in [0.15, 0.2) is 0 Å². The van der Waals surface area contributed by atoms with Crippen LogP contribution >= 0.6 is 46.4 Å². The summed E-state index contributed by atoms with van der Waals surface area (Å²) in [6.07, 6.45) is 1.77. The predicted molar refractivity (Wildman–Crippen MR) is 252 cm³/mol. The van der Waals surface area contributed by atoms with Crippen LogP contribution in [0, 0.1) is 31.9 Å². The molecule has 0 radical (unpaired) electrons. The number of aliphatic hydroxyl groups excluding tert-OH is 1. The fourth-order valence-corrected chi connectivity index (χ4v) is 7.90. The Hall–Kier alpha value is -6.66. The van der Waals surface area contributed by atoms with Crippen LogP contribution in [0.1, 0.15) is 58.6 Å². The number of ketones is 1. The molecule has 0 aliphatic carbocycles. The number of fused-ring (bicyclic) bond motifs is 3. The van der Waals surface area contributed by atoms with Crippen molar-refractivity contribution in [1.82, 2.24) is 5.32 Å². The van der Waals surface area contributed by atoms with E-state index >= 15 is 4.39 Å². The van der Waals surface area contributed by atoms with E-state index in [9.17, 15) is 53.4 Å². The number of methoxy groups -OCH3 is 2. The van der Waals surface area contributed by atoms with Gasteiger partial charge in [0, 0.05) is 63.4 Å². The number of hydrogen-bond acceptors (Lipinski definition) is 15. The predicted octanol–water partition coefficient (Wildman–Crippen LogP) is 6.80. The number of nitrogens with zero attached hydrogens (tertiary/aromatic N) is 2. The first-order valence-corrected chi connectivity index (χ1v) is 21.5. The minimum atomic E-state index is -1.66. The van der Waals surface area contributed by atoms with Gasteiger partial charge >= 0.3 is 17.9 Å². The molecule has 1 spiro atoms. The van der Waals surface area contributed by atoms with Crippen LogP contribution in [0.25, 0.3) is 6.08 Å². The number of amides is 2. The van der Waals surface area contributed by atoms with Gasteiger partial charge in [0.1, 0.15) is 23.2 Å². The van der Waals surface area contributed by atoms with Gasteiger partial charge in [-0.2, -0.15) is 0 Å². The summed E-state index contributed by atoms with van der Waals surface area (Å²) in [5, 5.41) is 46.3. The number of halogens is 6. The van der Waals surface area contributed by atoms with Crippen LogP contribution in [0.5, 0.6) is 0 Å². The van der Waals surface area contributed by atoms with Crippen molar-refractivity contribution in [3.8, 4) is 0 Å². The van der Waals surface area contributed by atoms with Gasteiger partial charge in [-0.3, -0.25) is 54.3 Å². The van der Waals surface area contributed by atoms with Gasteiger partial charge in [0.05, 0.1) is 52.4 Å². The molecule has 7 N–H and O–H groups in total. The van der Waals surface area contributed by atoms with Crippen molar-refractivity contribution >= 4 is 99.4 Å². The van der Waals surface area contributed by atoms with Crippen LogP contribution in [0.2, 0.25) is 20.1 Å². The molecule has 374 valence electrons. The Morgan fingerprint density at radius 3 is 2.00 bits per heavy atom. The molecular weight excluding hydrogens is 1020 g/mol. The minimum absolute atomic E-state index is 0.00889. The lowest BCUT2D eigenvalue weighted by atomic mass is 9.74. The first-order valence-electron chi connectivity index (χ1n) is 20.0. The Morgan fingerprint density at radius 1 is 0.843 bits per heavy atom. The molecule has 4 aromatic rings. The second kappa shape index (κ2) is 26.4. The van der Waals surface area contributed by atoms with Crippen molar-refractivity contribution in [1.29, 1.82) is 0 Å². The fourth-order valence-electron chi connectivity index (χ4n) is 7.19. The summed E-state index contributed by atoms with van der Waals surface area (Å²) in [7, 11) is 3.46. The van der Waals surface area contributed by atoms with Gasteiger partial charge in [0.25, 0.3) is 11.7 Å². The van der Waals surface area contributed by atoms with Gasteiger partial charge in [-0.1, -0.05) is 76.7 Å². The van der Waals surface area contributed by atoms with Crippen LogP contribution in [0.15, 0.2) is 79.0 Å². The molecule has 0 unspecified atom stereocenters. The summed E-state index contributed by atoms with van der Waals surface area (Å²) in [6.45, 7) is 0. The van der Waals surface area contributed by atoms with E-state index in [0.717, 1.165) is 13.2 Å².